The van der Waals surface area contributed by atoms with Gasteiger partial charge in [-0.05, 0) is 12.5 Å². The van der Waals surface area contributed by atoms with Crippen LogP contribution >= 0.6 is 0 Å². The summed E-state index contributed by atoms with van der Waals surface area (Å²) in [7, 11) is 0. The zero-order valence-electron chi connectivity index (χ0n) is 6.29. The Kier molecular flexibility index (Phi) is 2.66. The fourth-order valence-corrected chi connectivity index (χ4v) is 0.929. The van der Waals surface area contributed by atoms with E-state index in [-0.39, 0.29) is 11.9 Å². The lowest BCUT2D eigenvalue weighted by atomic mass is 10.1. The van der Waals surface area contributed by atoms with E-state index in [1.165, 1.54) is 6.08 Å². The van der Waals surface area contributed by atoms with Gasteiger partial charge < -0.3 is 5.32 Å². The summed E-state index contributed by atoms with van der Waals surface area (Å²) in [6, 6.07) is 0.144. The van der Waals surface area contributed by atoms with Gasteiger partial charge in [0.2, 0.25) is 5.91 Å². The molecule has 0 bridgehead atoms. The molecule has 0 spiro atoms. The summed E-state index contributed by atoms with van der Waals surface area (Å²) in [6.45, 7) is 3.37. The molecule has 1 atom stereocenters. The lowest BCUT2D eigenvalue weighted by Crippen LogP contribution is -2.31. The van der Waals surface area contributed by atoms with Crippen molar-refractivity contribution in [3.8, 4) is 0 Å². The first-order chi connectivity index (χ1) is 5.33. The second-order valence-electron chi connectivity index (χ2n) is 2.37. The first-order valence-electron chi connectivity index (χ1n) is 3.59. The number of hydrogen-bond donors (Lipinski definition) is 1. The minimum absolute atomic E-state index is 0.116. The van der Waals surface area contributed by atoms with Crippen LogP contribution in [0.2, 0.25) is 0 Å². The second-order valence-corrected chi connectivity index (χ2v) is 2.37. The van der Waals surface area contributed by atoms with Gasteiger partial charge in [-0.25, -0.2) is 0 Å². The Morgan fingerprint density at radius 2 is 2.45 bits per heavy atom. The molecule has 11 heavy (non-hydrogen) atoms. The van der Waals surface area contributed by atoms with E-state index < -0.39 is 0 Å². The van der Waals surface area contributed by atoms with Crippen molar-refractivity contribution in [1.82, 2.24) is 5.32 Å². The standard InChI is InChI=1S/C9H11NO/c1-2-9(11)10-8-6-4-3-5-7-8/h2-6,8H,1,7H2,(H,10,11). The summed E-state index contributed by atoms with van der Waals surface area (Å²) in [5.41, 5.74) is 0. The summed E-state index contributed by atoms with van der Waals surface area (Å²) < 4.78 is 0. The van der Waals surface area contributed by atoms with Gasteiger partial charge in [-0.2, -0.15) is 0 Å². The zero-order chi connectivity index (χ0) is 8.10. The van der Waals surface area contributed by atoms with Crippen molar-refractivity contribution in [1.29, 1.82) is 0 Å². The SMILES string of the molecule is C=CC(=O)NC1C=CC=CC1. The fourth-order valence-electron chi connectivity index (χ4n) is 0.929. The normalized spacial score (nSPS) is 21.3. The van der Waals surface area contributed by atoms with Gasteiger partial charge in [0, 0.05) is 0 Å². The van der Waals surface area contributed by atoms with E-state index in [0.717, 1.165) is 6.42 Å². The van der Waals surface area contributed by atoms with E-state index in [1.807, 2.05) is 24.3 Å². The lowest BCUT2D eigenvalue weighted by Gasteiger charge is -2.12. The highest BCUT2D eigenvalue weighted by Crippen LogP contribution is 2.01. The third-order valence-electron chi connectivity index (χ3n) is 1.49. The smallest absolute Gasteiger partial charge is 0.243 e. The van der Waals surface area contributed by atoms with Crippen LogP contribution in [-0.2, 0) is 4.79 Å². The van der Waals surface area contributed by atoms with Crippen molar-refractivity contribution in [3.63, 3.8) is 0 Å². The monoisotopic (exact) mass is 149 g/mol. The van der Waals surface area contributed by atoms with Crippen LogP contribution in [0.15, 0.2) is 37.0 Å². The van der Waals surface area contributed by atoms with E-state index in [2.05, 4.69) is 11.9 Å². The summed E-state index contributed by atoms with van der Waals surface area (Å²) >= 11 is 0. The number of allylic oxidation sites excluding steroid dienone is 2. The molecule has 0 aromatic carbocycles. The molecule has 1 rings (SSSR count). The largest absolute Gasteiger partial charge is 0.346 e. The Bertz CT molecular complexity index is 216. The van der Waals surface area contributed by atoms with Gasteiger partial charge in [-0.15, -0.1) is 0 Å². The van der Waals surface area contributed by atoms with Gasteiger partial charge in [0.15, 0.2) is 0 Å². The lowest BCUT2D eigenvalue weighted by molar-refractivity contribution is -0.116. The van der Waals surface area contributed by atoms with Gasteiger partial charge in [0.05, 0.1) is 6.04 Å². The van der Waals surface area contributed by atoms with Gasteiger partial charge in [0.25, 0.3) is 0 Å². The van der Waals surface area contributed by atoms with Gasteiger partial charge in [-0.1, -0.05) is 30.9 Å². The predicted molar refractivity (Wildman–Crippen MR) is 45.0 cm³/mol. The highest BCUT2D eigenvalue weighted by molar-refractivity contribution is 5.87. The van der Waals surface area contributed by atoms with E-state index in [4.69, 9.17) is 0 Å². The Labute approximate surface area is 66.3 Å². The van der Waals surface area contributed by atoms with E-state index in [1.54, 1.807) is 0 Å². The number of nitrogens with one attached hydrogen (secondary N) is 1. The molecule has 0 aliphatic heterocycles. The predicted octanol–water partition coefficient (Wildman–Crippen LogP) is 1.17. The van der Waals surface area contributed by atoms with Gasteiger partial charge >= 0.3 is 0 Å². The van der Waals surface area contributed by atoms with E-state index >= 15 is 0 Å². The topological polar surface area (TPSA) is 29.1 Å². The zero-order valence-corrected chi connectivity index (χ0v) is 6.29. The maximum atomic E-state index is 10.8. The molecule has 0 saturated carbocycles. The van der Waals surface area contributed by atoms with Crippen LogP contribution in [-0.4, -0.2) is 11.9 Å². The second kappa shape index (κ2) is 3.76. The Hall–Kier alpha value is -1.31. The highest BCUT2D eigenvalue weighted by Gasteiger charge is 2.05. The average Bonchev–Trinajstić information content (AvgIpc) is 2.06. The number of hydrogen-bond acceptors (Lipinski definition) is 1. The molecule has 0 heterocycles. The van der Waals surface area contributed by atoms with Crippen LogP contribution in [0.25, 0.3) is 0 Å². The number of carbonyl (C=O) groups is 1. The first-order valence-corrected chi connectivity index (χ1v) is 3.59. The molecule has 1 aliphatic carbocycles. The van der Waals surface area contributed by atoms with Crippen LogP contribution in [0.1, 0.15) is 6.42 Å². The van der Waals surface area contributed by atoms with Gasteiger partial charge in [0.1, 0.15) is 0 Å². The van der Waals surface area contributed by atoms with Crippen molar-refractivity contribution in [2.75, 3.05) is 0 Å². The molecule has 0 saturated heterocycles. The third kappa shape index (κ3) is 2.42. The molecule has 1 unspecified atom stereocenters. The molecule has 58 valence electrons. The van der Waals surface area contributed by atoms with Crippen molar-refractivity contribution < 1.29 is 4.79 Å². The Morgan fingerprint density at radius 1 is 1.64 bits per heavy atom. The molecule has 0 aromatic heterocycles. The molecule has 2 nitrogen and oxygen atoms in total. The Balaban J connectivity index is 2.38. The molecule has 1 aliphatic rings. The number of rotatable bonds is 2. The molecule has 0 radical (unpaired) electrons. The van der Waals surface area contributed by atoms with Crippen LogP contribution in [0.5, 0.6) is 0 Å². The van der Waals surface area contributed by atoms with E-state index in [0.29, 0.717) is 0 Å². The Morgan fingerprint density at radius 3 is 3.00 bits per heavy atom. The van der Waals surface area contributed by atoms with Crippen LogP contribution in [0.4, 0.5) is 0 Å². The summed E-state index contributed by atoms with van der Waals surface area (Å²) in [6.07, 6.45) is 10.0. The molecular weight excluding hydrogens is 138 g/mol. The maximum absolute atomic E-state index is 10.8. The molecule has 1 N–H and O–H groups in total. The van der Waals surface area contributed by atoms with Gasteiger partial charge in [-0.3, -0.25) is 4.79 Å². The average molecular weight is 149 g/mol. The van der Waals surface area contributed by atoms with Crippen LogP contribution < -0.4 is 5.32 Å². The summed E-state index contributed by atoms with van der Waals surface area (Å²) in [5.74, 6) is -0.116. The van der Waals surface area contributed by atoms with Crippen molar-refractivity contribution in [2.24, 2.45) is 0 Å². The minimum atomic E-state index is -0.116. The van der Waals surface area contributed by atoms with Crippen molar-refractivity contribution in [3.05, 3.63) is 37.0 Å². The maximum Gasteiger partial charge on any atom is 0.243 e. The van der Waals surface area contributed by atoms with Crippen LogP contribution in [0.3, 0.4) is 0 Å². The fraction of sp³-hybridized carbons (Fsp3) is 0.222. The number of carbonyl (C=O) groups excluding carboxylic acids is 1. The number of amides is 1. The van der Waals surface area contributed by atoms with Crippen LogP contribution in [0, 0.1) is 0 Å². The molecule has 0 aromatic rings. The highest BCUT2D eigenvalue weighted by atomic mass is 16.1. The summed E-state index contributed by atoms with van der Waals surface area (Å²) in [4.78, 5) is 10.8. The van der Waals surface area contributed by atoms with E-state index in [9.17, 15) is 4.79 Å². The molecule has 1 amide bonds. The van der Waals surface area contributed by atoms with Crippen molar-refractivity contribution in [2.45, 2.75) is 12.5 Å². The molecular formula is C9H11NO. The molecule has 0 fully saturated rings. The van der Waals surface area contributed by atoms with Crippen molar-refractivity contribution >= 4 is 5.91 Å². The quantitative estimate of drug-likeness (QED) is 0.587. The summed E-state index contributed by atoms with van der Waals surface area (Å²) in [5, 5.41) is 2.77. The third-order valence-corrected chi connectivity index (χ3v) is 1.49. The molecule has 2 heteroatoms. The first kappa shape index (κ1) is 7.79. The minimum Gasteiger partial charge on any atom is -0.346 e.